The van der Waals surface area contributed by atoms with Crippen molar-refractivity contribution in [1.82, 2.24) is 0 Å². The summed E-state index contributed by atoms with van der Waals surface area (Å²) >= 11 is 0. The summed E-state index contributed by atoms with van der Waals surface area (Å²) in [4.78, 5) is 25.2. The lowest BCUT2D eigenvalue weighted by molar-refractivity contribution is -0.117. The van der Waals surface area contributed by atoms with E-state index in [1.807, 2.05) is 35.2 Å². The van der Waals surface area contributed by atoms with E-state index in [-0.39, 0.29) is 30.3 Å². The van der Waals surface area contributed by atoms with Crippen LogP contribution in [0.5, 0.6) is 11.5 Å². The SMILES string of the molecule is CC(C)(C)c1cc(-c2cc(-c3ccc(OC(=O)O)cc3)ccc2OCCO)ccc1N1CCCC1=O. The van der Waals surface area contributed by atoms with E-state index in [0.717, 1.165) is 46.5 Å². The summed E-state index contributed by atoms with van der Waals surface area (Å²) in [5.41, 5.74) is 5.42. The lowest BCUT2D eigenvalue weighted by atomic mass is 9.83. The highest BCUT2D eigenvalue weighted by atomic mass is 16.7. The molecule has 0 spiro atoms. The fourth-order valence-corrected chi connectivity index (χ4v) is 4.48. The molecule has 3 aromatic rings. The Balaban J connectivity index is 1.79. The molecule has 0 atom stereocenters. The first-order valence-corrected chi connectivity index (χ1v) is 12.0. The Bertz CT molecular complexity index is 1260. The van der Waals surface area contributed by atoms with Crippen molar-refractivity contribution >= 4 is 17.7 Å². The third-order valence-electron chi connectivity index (χ3n) is 6.20. The first kappa shape index (κ1) is 25.3. The Morgan fingerprint density at radius 3 is 2.28 bits per heavy atom. The molecule has 7 heteroatoms. The van der Waals surface area contributed by atoms with Crippen molar-refractivity contribution in [3.8, 4) is 33.8 Å². The summed E-state index contributed by atoms with van der Waals surface area (Å²) < 4.78 is 10.6. The first-order valence-electron chi connectivity index (χ1n) is 12.0. The molecule has 1 fully saturated rings. The normalized spacial score (nSPS) is 13.7. The Morgan fingerprint density at radius 1 is 0.972 bits per heavy atom. The number of rotatable bonds is 7. The van der Waals surface area contributed by atoms with Crippen LogP contribution in [-0.4, -0.2) is 42.0 Å². The minimum atomic E-state index is -1.36. The molecule has 0 aromatic heterocycles. The molecular weight excluding hydrogens is 458 g/mol. The molecule has 1 saturated heterocycles. The van der Waals surface area contributed by atoms with Gasteiger partial charge in [-0.3, -0.25) is 4.79 Å². The van der Waals surface area contributed by atoms with Gasteiger partial charge < -0.3 is 24.6 Å². The number of anilines is 1. The van der Waals surface area contributed by atoms with Gasteiger partial charge in [0.05, 0.1) is 6.61 Å². The van der Waals surface area contributed by atoms with Crippen LogP contribution in [0.15, 0.2) is 60.7 Å². The Kier molecular flexibility index (Phi) is 7.31. The van der Waals surface area contributed by atoms with Crippen molar-refractivity contribution in [1.29, 1.82) is 0 Å². The van der Waals surface area contributed by atoms with Gasteiger partial charge in [-0.05, 0) is 70.5 Å². The van der Waals surface area contributed by atoms with Crippen molar-refractivity contribution < 1.29 is 29.3 Å². The summed E-state index contributed by atoms with van der Waals surface area (Å²) in [7, 11) is 0. The molecule has 0 aliphatic carbocycles. The molecule has 7 nitrogen and oxygen atoms in total. The molecule has 0 saturated carbocycles. The second-order valence-corrected chi connectivity index (χ2v) is 9.81. The van der Waals surface area contributed by atoms with Crippen molar-refractivity contribution in [3.63, 3.8) is 0 Å². The number of hydrogen-bond donors (Lipinski definition) is 2. The molecule has 0 radical (unpaired) electrons. The highest BCUT2D eigenvalue weighted by Crippen LogP contribution is 2.41. The number of benzene rings is 3. The van der Waals surface area contributed by atoms with Crippen LogP contribution in [0.2, 0.25) is 0 Å². The third-order valence-corrected chi connectivity index (χ3v) is 6.20. The van der Waals surface area contributed by atoms with Crippen molar-refractivity contribution in [2.45, 2.75) is 39.0 Å². The summed E-state index contributed by atoms with van der Waals surface area (Å²) in [6.07, 6.45) is 0.0777. The van der Waals surface area contributed by atoms with Gasteiger partial charge in [0.2, 0.25) is 5.91 Å². The number of carbonyl (C=O) groups is 2. The zero-order chi connectivity index (χ0) is 25.9. The Morgan fingerprint density at radius 2 is 1.67 bits per heavy atom. The Labute approximate surface area is 210 Å². The number of carbonyl (C=O) groups excluding carboxylic acids is 1. The topological polar surface area (TPSA) is 96.3 Å². The van der Waals surface area contributed by atoms with E-state index in [9.17, 15) is 14.7 Å². The fourth-order valence-electron chi connectivity index (χ4n) is 4.48. The molecule has 1 amide bonds. The molecule has 0 unspecified atom stereocenters. The maximum Gasteiger partial charge on any atom is 0.511 e. The average molecular weight is 490 g/mol. The van der Waals surface area contributed by atoms with Crippen LogP contribution < -0.4 is 14.4 Å². The van der Waals surface area contributed by atoms with Gasteiger partial charge in [0.15, 0.2) is 0 Å². The van der Waals surface area contributed by atoms with E-state index in [1.54, 1.807) is 24.3 Å². The number of ether oxygens (including phenoxy) is 2. The highest BCUT2D eigenvalue weighted by Gasteiger charge is 2.28. The van der Waals surface area contributed by atoms with Crippen LogP contribution in [0.25, 0.3) is 22.3 Å². The summed E-state index contributed by atoms with van der Waals surface area (Å²) in [6.45, 7) is 7.20. The zero-order valence-electron chi connectivity index (χ0n) is 20.8. The highest BCUT2D eigenvalue weighted by molar-refractivity contribution is 5.96. The predicted molar refractivity (Wildman–Crippen MR) is 139 cm³/mol. The van der Waals surface area contributed by atoms with Gasteiger partial charge in [0.25, 0.3) is 0 Å². The van der Waals surface area contributed by atoms with E-state index in [0.29, 0.717) is 12.2 Å². The van der Waals surface area contributed by atoms with E-state index in [2.05, 4.69) is 26.8 Å². The maximum absolute atomic E-state index is 12.5. The van der Waals surface area contributed by atoms with Crippen LogP contribution in [0.1, 0.15) is 39.2 Å². The quantitative estimate of drug-likeness (QED) is 0.318. The van der Waals surface area contributed by atoms with Gasteiger partial charge >= 0.3 is 6.16 Å². The summed E-state index contributed by atoms with van der Waals surface area (Å²) in [5, 5.41) is 18.2. The smallest absolute Gasteiger partial charge is 0.491 e. The van der Waals surface area contributed by atoms with Crippen molar-refractivity contribution in [3.05, 3.63) is 66.2 Å². The monoisotopic (exact) mass is 489 g/mol. The van der Waals surface area contributed by atoms with Crippen LogP contribution >= 0.6 is 0 Å². The Hall–Kier alpha value is -3.84. The summed E-state index contributed by atoms with van der Waals surface area (Å²) in [6, 6.07) is 18.8. The predicted octanol–water partition coefficient (Wildman–Crippen LogP) is 5.87. The van der Waals surface area contributed by atoms with Crippen molar-refractivity contribution in [2.24, 2.45) is 0 Å². The van der Waals surface area contributed by atoms with Gasteiger partial charge in [0, 0.05) is 24.2 Å². The number of amides is 1. The lowest BCUT2D eigenvalue weighted by Crippen LogP contribution is -2.27. The summed E-state index contributed by atoms with van der Waals surface area (Å²) in [5.74, 6) is 1.04. The molecule has 2 N–H and O–H groups in total. The molecular formula is C29H31NO6. The molecule has 0 bridgehead atoms. The number of carboxylic acid groups (broad SMARTS) is 1. The molecule has 1 aliphatic rings. The second kappa shape index (κ2) is 10.4. The molecule has 36 heavy (non-hydrogen) atoms. The minimum absolute atomic E-state index is 0.102. The molecule has 188 valence electrons. The van der Waals surface area contributed by atoms with Crippen molar-refractivity contribution in [2.75, 3.05) is 24.7 Å². The lowest BCUT2D eigenvalue weighted by Gasteiger charge is -2.28. The van der Waals surface area contributed by atoms with Gasteiger partial charge in [-0.25, -0.2) is 4.79 Å². The van der Waals surface area contributed by atoms with E-state index in [4.69, 9.17) is 14.6 Å². The van der Waals surface area contributed by atoms with E-state index in [1.165, 1.54) is 0 Å². The van der Waals surface area contributed by atoms with Gasteiger partial charge in [-0.2, -0.15) is 0 Å². The minimum Gasteiger partial charge on any atom is -0.491 e. The van der Waals surface area contributed by atoms with Gasteiger partial charge in [0.1, 0.15) is 18.1 Å². The van der Waals surface area contributed by atoms with Gasteiger partial charge in [-0.15, -0.1) is 0 Å². The van der Waals surface area contributed by atoms with Crippen LogP contribution in [0.3, 0.4) is 0 Å². The van der Waals surface area contributed by atoms with E-state index >= 15 is 0 Å². The fraction of sp³-hybridized carbons (Fsp3) is 0.310. The average Bonchev–Trinajstić information content (AvgIpc) is 3.27. The van der Waals surface area contributed by atoms with Crippen LogP contribution in [0, 0.1) is 0 Å². The maximum atomic E-state index is 12.5. The van der Waals surface area contributed by atoms with Crippen LogP contribution in [0.4, 0.5) is 10.5 Å². The molecule has 1 aliphatic heterocycles. The third kappa shape index (κ3) is 5.52. The first-order chi connectivity index (χ1) is 17.2. The second-order valence-electron chi connectivity index (χ2n) is 9.81. The zero-order valence-corrected chi connectivity index (χ0v) is 20.8. The molecule has 4 rings (SSSR count). The largest absolute Gasteiger partial charge is 0.511 e. The molecule has 3 aromatic carbocycles. The van der Waals surface area contributed by atoms with E-state index < -0.39 is 6.16 Å². The molecule has 1 heterocycles. The standard InChI is InChI=1S/C29H31NO6/c1-29(2,3)24-18-21(8-12-25(24)30-14-4-5-27(30)32)23-17-20(9-13-26(23)35-16-15-31)19-6-10-22(11-7-19)36-28(33)34/h6-13,17-18,31H,4-5,14-16H2,1-3H3,(H,33,34). The number of nitrogens with zero attached hydrogens (tertiary/aromatic N) is 1. The number of hydrogen-bond acceptors (Lipinski definition) is 5. The number of aliphatic hydroxyl groups excluding tert-OH is 1. The number of aliphatic hydroxyl groups is 1. The van der Waals surface area contributed by atoms with Gasteiger partial charge in [-0.1, -0.05) is 45.0 Å². The van der Waals surface area contributed by atoms with Crippen LogP contribution in [-0.2, 0) is 10.2 Å².